The summed E-state index contributed by atoms with van der Waals surface area (Å²) in [6.07, 6.45) is 2.95. The first-order valence-electron chi connectivity index (χ1n) is 8.28. The van der Waals surface area contributed by atoms with Crippen molar-refractivity contribution in [3.63, 3.8) is 0 Å². The van der Waals surface area contributed by atoms with Crippen LogP contribution in [0.4, 0.5) is 5.69 Å². The number of benzene rings is 2. The van der Waals surface area contributed by atoms with Gasteiger partial charge in [0.25, 0.3) is 5.91 Å². The molecular formula is C20H18BrNO2S2. The maximum Gasteiger partial charge on any atom is 0.270 e. The van der Waals surface area contributed by atoms with Crippen molar-refractivity contribution in [2.24, 2.45) is 0 Å². The number of anilines is 1. The van der Waals surface area contributed by atoms with Crippen molar-refractivity contribution < 1.29 is 9.53 Å². The fourth-order valence-electron chi connectivity index (χ4n) is 2.42. The molecule has 134 valence electrons. The molecule has 0 aliphatic carbocycles. The minimum absolute atomic E-state index is 0.0951. The molecule has 0 bridgehead atoms. The van der Waals surface area contributed by atoms with Crippen molar-refractivity contribution in [2.45, 2.75) is 26.4 Å². The summed E-state index contributed by atoms with van der Waals surface area (Å²) in [4.78, 5) is 15.0. The number of hydrogen-bond donors (Lipinski definition) is 0. The molecule has 2 aromatic carbocycles. The summed E-state index contributed by atoms with van der Waals surface area (Å²) in [7, 11) is 0. The van der Waals surface area contributed by atoms with Gasteiger partial charge in [0, 0.05) is 0 Å². The van der Waals surface area contributed by atoms with E-state index in [1.165, 1.54) is 11.8 Å². The number of para-hydroxylation sites is 1. The van der Waals surface area contributed by atoms with Crippen LogP contribution in [0.5, 0.6) is 5.75 Å². The monoisotopic (exact) mass is 447 g/mol. The molecule has 3 rings (SSSR count). The van der Waals surface area contributed by atoms with Crippen LogP contribution in [0.15, 0.2) is 57.9 Å². The molecule has 0 saturated carbocycles. The van der Waals surface area contributed by atoms with Gasteiger partial charge in [0.2, 0.25) is 0 Å². The lowest BCUT2D eigenvalue weighted by Crippen LogP contribution is -2.27. The van der Waals surface area contributed by atoms with E-state index in [9.17, 15) is 4.79 Å². The Morgan fingerprint density at radius 3 is 2.65 bits per heavy atom. The van der Waals surface area contributed by atoms with Gasteiger partial charge >= 0.3 is 0 Å². The Kier molecular flexibility index (Phi) is 6.16. The van der Waals surface area contributed by atoms with Crippen molar-refractivity contribution in [2.75, 3.05) is 4.90 Å². The zero-order valence-corrected chi connectivity index (χ0v) is 17.7. The third-order valence-corrected chi connectivity index (χ3v) is 5.89. The van der Waals surface area contributed by atoms with Crippen LogP contribution >= 0.6 is 39.9 Å². The second-order valence-corrected chi connectivity index (χ2v) is 8.41. The van der Waals surface area contributed by atoms with Crippen LogP contribution < -0.4 is 9.64 Å². The Bertz CT molecular complexity index is 867. The summed E-state index contributed by atoms with van der Waals surface area (Å²) in [5.74, 6) is 0.704. The van der Waals surface area contributed by atoms with E-state index in [0.717, 1.165) is 27.9 Å². The Labute approximate surface area is 171 Å². The summed E-state index contributed by atoms with van der Waals surface area (Å²) in [6, 6.07) is 15.3. The first-order valence-corrected chi connectivity index (χ1v) is 10.3. The molecule has 6 heteroatoms. The summed E-state index contributed by atoms with van der Waals surface area (Å²) in [5.41, 5.74) is 1.71. The van der Waals surface area contributed by atoms with Gasteiger partial charge < -0.3 is 4.74 Å². The molecule has 2 aromatic rings. The number of carbonyl (C=O) groups is 1. The molecule has 1 heterocycles. The first-order chi connectivity index (χ1) is 12.5. The van der Waals surface area contributed by atoms with Crippen molar-refractivity contribution in [3.05, 3.63) is 63.5 Å². The number of thioether (sulfide) groups is 1. The molecule has 0 aromatic heterocycles. The molecule has 0 radical (unpaired) electrons. The fourth-order valence-corrected chi connectivity index (χ4v) is 4.21. The van der Waals surface area contributed by atoms with Gasteiger partial charge in [-0.15, -0.1) is 0 Å². The van der Waals surface area contributed by atoms with Crippen LogP contribution in [0.25, 0.3) is 6.08 Å². The molecule has 3 nitrogen and oxygen atoms in total. The average Bonchev–Trinajstić information content (AvgIpc) is 2.91. The number of rotatable bonds is 5. The zero-order valence-electron chi connectivity index (χ0n) is 14.4. The Morgan fingerprint density at radius 1 is 1.27 bits per heavy atom. The van der Waals surface area contributed by atoms with Crippen molar-refractivity contribution >= 4 is 61.9 Å². The van der Waals surface area contributed by atoms with E-state index in [1.54, 1.807) is 4.90 Å². The predicted octanol–water partition coefficient (Wildman–Crippen LogP) is 6.03. The molecule has 1 aliphatic heterocycles. The molecular weight excluding hydrogens is 430 g/mol. The number of ether oxygens (including phenoxy) is 1. The predicted molar refractivity (Wildman–Crippen MR) is 117 cm³/mol. The van der Waals surface area contributed by atoms with Crippen LogP contribution in [0.2, 0.25) is 0 Å². The number of thiocarbonyl (C=S) groups is 1. The van der Waals surface area contributed by atoms with Gasteiger partial charge in [0.1, 0.15) is 5.75 Å². The molecule has 0 unspecified atom stereocenters. The van der Waals surface area contributed by atoms with Crippen LogP contribution in [-0.4, -0.2) is 16.3 Å². The minimum Gasteiger partial charge on any atom is -0.490 e. The zero-order chi connectivity index (χ0) is 18.7. The topological polar surface area (TPSA) is 29.5 Å². The lowest BCUT2D eigenvalue weighted by Gasteiger charge is -2.14. The number of amides is 1. The Morgan fingerprint density at radius 2 is 2.00 bits per heavy atom. The van der Waals surface area contributed by atoms with Gasteiger partial charge in [-0.2, -0.15) is 0 Å². The second kappa shape index (κ2) is 8.37. The van der Waals surface area contributed by atoms with E-state index < -0.39 is 0 Å². The third kappa shape index (κ3) is 4.19. The SMILES string of the molecule is CC[C@@H](C)Oc1ccc(/C=C2/SC(=S)N(c3ccccc3)C2=O)cc1Br. The van der Waals surface area contributed by atoms with Gasteiger partial charge in [-0.3, -0.25) is 9.69 Å². The largest absolute Gasteiger partial charge is 0.490 e. The molecule has 0 N–H and O–H groups in total. The number of nitrogens with zero attached hydrogens (tertiary/aromatic N) is 1. The molecule has 1 atom stereocenters. The van der Waals surface area contributed by atoms with Crippen molar-refractivity contribution in [1.82, 2.24) is 0 Å². The molecule has 26 heavy (non-hydrogen) atoms. The van der Waals surface area contributed by atoms with Gasteiger partial charge in [-0.25, -0.2) is 0 Å². The number of carbonyl (C=O) groups excluding carboxylic acids is 1. The molecule has 1 aliphatic rings. The van der Waals surface area contributed by atoms with E-state index in [1.807, 2.05) is 61.5 Å². The summed E-state index contributed by atoms with van der Waals surface area (Å²) < 4.78 is 7.27. The van der Waals surface area contributed by atoms with Gasteiger partial charge in [-0.05, 0) is 65.2 Å². The highest BCUT2D eigenvalue weighted by molar-refractivity contribution is 9.10. The van der Waals surface area contributed by atoms with Crippen LogP contribution in [-0.2, 0) is 4.79 Å². The molecule has 1 saturated heterocycles. The van der Waals surface area contributed by atoms with Crippen LogP contribution in [0.1, 0.15) is 25.8 Å². The van der Waals surface area contributed by atoms with E-state index in [-0.39, 0.29) is 12.0 Å². The minimum atomic E-state index is -0.0951. The highest BCUT2D eigenvalue weighted by Gasteiger charge is 2.33. The van der Waals surface area contributed by atoms with Crippen LogP contribution in [0, 0.1) is 0 Å². The third-order valence-electron chi connectivity index (χ3n) is 3.96. The van der Waals surface area contributed by atoms with Gasteiger partial charge in [0.05, 0.1) is 21.2 Å². The number of halogens is 1. The van der Waals surface area contributed by atoms with E-state index in [4.69, 9.17) is 17.0 Å². The van der Waals surface area contributed by atoms with Gasteiger partial charge in [-0.1, -0.05) is 55.2 Å². The smallest absolute Gasteiger partial charge is 0.270 e. The average molecular weight is 448 g/mol. The summed E-state index contributed by atoms with van der Waals surface area (Å²) >= 11 is 10.3. The molecule has 0 spiro atoms. The molecule has 1 fully saturated rings. The maximum atomic E-state index is 12.8. The Balaban J connectivity index is 1.83. The van der Waals surface area contributed by atoms with Crippen molar-refractivity contribution in [3.8, 4) is 5.75 Å². The summed E-state index contributed by atoms with van der Waals surface area (Å²) in [6.45, 7) is 4.12. The normalized spacial score (nSPS) is 17.0. The first kappa shape index (κ1) is 19.1. The van der Waals surface area contributed by atoms with E-state index >= 15 is 0 Å². The van der Waals surface area contributed by atoms with E-state index in [0.29, 0.717) is 9.23 Å². The Hall–Kier alpha value is -1.63. The summed E-state index contributed by atoms with van der Waals surface area (Å²) in [5, 5.41) is 0. The number of hydrogen-bond acceptors (Lipinski definition) is 4. The fraction of sp³-hybridized carbons (Fsp3) is 0.200. The van der Waals surface area contributed by atoms with Gasteiger partial charge in [0.15, 0.2) is 4.32 Å². The standard InChI is InChI=1S/C20H18BrNO2S2/c1-3-13(2)24-17-10-9-14(11-16(17)21)12-18-19(23)22(20(25)26-18)15-7-5-4-6-8-15/h4-13H,3H2,1-2H3/b18-12+/t13-/m1/s1. The maximum absolute atomic E-state index is 12.8. The highest BCUT2D eigenvalue weighted by Crippen LogP contribution is 2.36. The lowest BCUT2D eigenvalue weighted by atomic mass is 10.2. The van der Waals surface area contributed by atoms with Crippen LogP contribution in [0.3, 0.4) is 0 Å². The highest BCUT2D eigenvalue weighted by atomic mass is 79.9. The quantitative estimate of drug-likeness (QED) is 0.413. The van der Waals surface area contributed by atoms with Crippen molar-refractivity contribution in [1.29, 1.82) is 0 Å². The molecule has 1 amide bonds. The lowest BCUT2D eigenvalue weighted by molar-refractivity contribution is -0.113. The van der Waals surface area contributed by atoms with E-state index in [2.05, 4.69) is 22.9 Å². The second-order valence-electron chi connectivity index (χ2n) is 5.88.